The number of halogens is 1. The van der Waals surface area contributed by atoms with E-state index in [1.54, 1.807) is 24.3 Å². The van der Waals surface area contributed by atoms with E-state index in [1.165, 1.54) is 0 Å². The van der Waals surface area contributed by atoms with Crippen molar-refractivity contribution in [2.75, 3.05) is 26.2 Å². The molecule has 1 aromatic rings. The monoisotopic (exact) mass is 283 g/mol. The zero-order valence-corrected chi connectivity index (χ0v) is 11.6. The van der Waals surface area contributed by atoms with E-state index in [2.05, 4.69) is 0 Å². The van der Waals surface area contributed by atoms with Crippen LogP contribution in [0, 0.1) is 0 Å². The highest BCUT2D eigenvalue weighted by Crippen LogP contribution is 2.17. The van der Waals surface area contributed by atoms with Crippen LogP contribution in [0.25, 0.3) is 0 Å². The lowest BCUT2D eigenvalue weighted by Crippen LogP contribution is -2.49. The van der Waals surface area contributed by atoms with E-state index in [0.29, 0.717) is 30.2 Å². The van der Waals surface area contributed by atoms with Gasteiger partial charge in [0.2, 0.25) is 0 Å². The van der Waals surface area contributed by atoms with Crippen molar-refractivity contribution < 1.29 is 14.6 Å². The summed E-state index contributed by atoms with van der Waals surface area (Å²) in [5.74, 6) is -0.00334. The predicted molar refractivity (Wildman–Crippen MR) is 73.6 cm³/mol. The second kappa shape index (κ2) is 6.48. The molecule has 0 bridgehead atoms. The largest absolute Gasteiger partial charge is 0.394 e. The lowest BCUT2D eigenvalue weighted by Gasteiger charge is -2.35. The zero-order chi connectivity index (χ0) is 13.8. The summed E-state index contributed by atoms with van der Waals surface area (Å²) in [6.07, 6.45) is -0.201. The second-order valence-electron chi connectivity index (χ2n) is 4.85. The molecule has 0 radical (unpaired) electrons. The van der Waals surface area contributed by atoms with Crippen LogP contribution in [0.4, 0.5) is 0 Å². The average molecular weight is 284 g/mol. The Labute approximate surface area is 117 Å². The molecule has 0 aliphatic carbocycles. The quantitative estimate of drug-likeness (QED) is 0.853. The third-order valence-electron chi connectivity index (χ3n) is 3.15. The molecule has 4 nitrogen and oxygen atoms in total. The molecule has 0 aromatic heterocycles. The fourth-order valence-electron chi connectivity index (χ4n) is 2.35. The molecule has 1 aliphatic heterocycles. The number of rotatable bonds is 4. The second-order valence-corrected chi connectivity index (χ2v) is 5.26. The highest BCUT2D eigenvalue weighted by molar-refractivity contribution is 6.34. The van der Waals surface area contributed by atoms with Crippen LogP contribution in [0.15, 0.2) is 24.3 Å². The molecule has 1 N–H and O–H groups in total. The molecule has 1 heterocycles. The van der Waals surface area contributed by atoms with Gasteiger partial charge in [-0.1, -0.05) is 23.7 Å². The van der Waals surface area contributed by atoms with Gasteiger partial charge >= 0.3 is 0 Å². The highest BCUT2D eigenvalue weighted by atomic mass is 35.5. The summed E-state index contributed by atoms with van der Waals surface area (Å²) >= 11 is 6.02. The fourth-order valence-corrected chi connectivity index (χ4v) is 2.59. The lowest BCUT2D eigenvalue weighted by atomic mass is 10.1. The first kappa shape index (κ1) is 14.5. The zero-order valence-electron chi connectivity index (χ0n) is 10.9. The molecule has 2 unspecified atom stereocenters. The van der Waals surface area contributed by atoms with E-state index >= 15 is 0 Å². The number of nitrogens with zero attached hydrogens (tertiary/aromatic N) is 1. The van der Waals surface area contributed by atoms with Crippen molar-refractivity contribution in [2.45, 2.75) is 19.1 Å². The summed E-state index contributed by atoms with van der Waals surface area (Å²) in [5.41, 5.74) is 0.545. The van der Waals surface area contributed by atoms with Crippen LogP contribution < -0.4 is 0 Å². The van der Waals surface area contributed by atoms with Gasteiger partial charge in [-0.15, -0.1) is 0 Å². The molecule has 1 fully saturated rings. The Morgan fingerprint density at radius 2 is 2.21 bits per heavy atom. The van der Waals surface area contributed by atoms with E-state index in [0.717, 1.165) is 0 Å². The number of morpholine rings is 1. The van der Waals surface area contributed by atoms with Crippen LogP contribution in [0.3, 0.4) is 0 Å². The number of Topliss-reactive ketones (excluding diaryl/α,β-unsaturated/α-hetero) is 1. The summed E-state index contributed by atoms with van der Waals surface area (Å²) in [6, 6.07) is 7.06. The number of carbonyl (C=O) groups excluding carboxylic acids is 1. The van der Waals surface area contributed by atoms with Crippen LogP contribution in [-0.2, 0) is 4.74 Å². The Kier molecular flexibility index (Phi) is 4.93. The molecule has 2 rings (SSSR count). The molecular weight excluding hydrogens is 266 g/mol. The van der Waals surface area contributed by atoms with E-state index in [4.69, 9.17) is 21.4 Å². The fraction of sp³-hybridized carbons (Fsp3) is 0.500. The van der Waals surface area contributed by atoms with E-state index < -0.39 is 0 Å². The van der Waals surface area contributed by atoms with Crippen molar-refractivity contribution in [3.05, 3.63) is 34.9 Å². The van der Waals surface area contributed by atoms with Crippen LogP contribution in [-0.4, -0.2) is 54.2 Å². The minimum absolute atomic E-state index is 0.00334. The Bertz CT molecular complexity index is 452. The summed E-state index contributed by atoms with van der Waals surface area (Å²) < 4.78 is 5.55. The maximum absolute atomic E-state index is 12.2. The van der Waals surface area contributed by atoms with Crippen LogP contribution >= 0.6 is 11.6 Å². The summed E-state index contributed by atoms with van der Waals surface area (Å²) in [4.78, 5) is 14.2. The normalized spacial score (nSPS) is 24.4. The molecule has 1 aliphatic rings. The molecular formula is C14H18ClNO3. The van der Waals surface area contributed by atoms with E-state index in [-0.39, 0.29) is 24.6 Å². The molecule has 1 saturated heterocycles. The number of ether oxygens (including phenoxy) is 1. The Morgan fingerprint density at radius 1 is 1.47 bits per heavy atom. The molecule has 0 saturated carbocycles. The van der Waals surface area contributed by atoms with Crippen molar-refractivity contribution in [1.29, 1.82) is 0 Å². The molecule has 1 aromatic carbocycles. The molecule has 0 amide bonds. The van der Waals surface area contributed by atoms with Gasteiger partial charge in [-0.05, 0) is 19.1 Å². The lowest BCUT2D eigenvalue weighted by molar-refractivity contribution is -0.0926. The van der Waals surface area contributed by atoms with Gasteiger partial charge < -0.3 is 9.84 Å². The first-order valence-corrected chi connectivity index (χ1v) is 6.74. The first-order chi connectivity index (χ1) is 9.10. The van der Waals surface area contributed by atoms with Gasteiger partial charge in [-0.3, -0.25) is 9.69 Å². The van der Waals surface area contributed by atoms with E-state index in [1.807, 2.05) is 11.8 Å². The van der Waals surface area contributed by atoms with Crippen LogP contribution in [0.5, 0.6) is 0 Å². The number of hydrogen-bond donors (Lipinski definition) is 1. The number of aliphatic hydroxyl groups is 1. The summed E-state index contributed by atoms with van der Waals surface area (Å²) in [5, 5.41) is 9.64. The SMILES string of the molecule is CC1CN(CC(=O)c2ccccc2Cl)CC(CO)O1. The minimum Gasteiger partial charge on any atom is -0.394 e. The Morgan fingerprint density at radius 3 is 2.89 bits per heavy atom. The average Bonchev–Trinajstić information content (AvgIpc) is 2.38. The van der Waals surface area contributed by atoms with Crippen molar-refractivity contribution in [3.8, 4) is 0 Å². The summed E-state index contributed by atoms with van der Waals surface area (Å²) in [7, 11) is 0. The third kappa shape index (κ3) is 3.76. The number of carbonyl (C=O) groups is 1. The van der Waals surface area contributed by atoms with Crippen molar-refractivity contribution >= 4 is 17.4 Å². The molecule has 5 heteroatoms. The number of aliphatic hydroxyl groups excluding tert-OH is 1. The Balaban J connectivity index is 2.01. The van der Waals surface area contributed by atoms with Gasteiger partial charge in [0.25, 0.3) is 0 Å². The highest BCUT2D eigenvalue weighted by Gasteiger charge is 2.26. The van der Waals surface area contributed by atoms with Gasteiger partial charge in [-0.2, -0.15) is 0 Å². The van der Waals surface area contributed by atoms with Crippen LogP contribution in [0.2, 0.25) is 5.02 Å². The van der Waals surface area contributed by atoms with Gasteiger partial charge in [0.05, 0.1) is 30.4 Å². The molecule has 104 valence electrons. The van der Waals surface area contributed by atoms with Gasteiger partial charge in [-0.25, -0.2) is 0 Å². The molecule has 19 heavy (non-hydrogen) atoms. The van der Waals surface area contributed by atoms with Crippen molar-refractivity contribution in [1.82, 2.24) is 4.90 Å². The van der Waals surface area contributed by atoms with Crippen LogP contribution in [0.1, 0.15) is 17.3 Å². The smallest absolute Gasteiger partial charge is 0.178 e. The molecule has 0 spiro atoms. The maximum Gasteiger partial charge on any atom is 0.178 e. The topological polar surface area (TPSA) is 49.8 Å². The minimum atomic E-state index is -0.220. The van der Waals surface area contributed by atoms with Crippen molar-refractivity contribution in [3.63, 3.8) is 0 Å². The number of ketones is 1. The first-order valence-electron chi connectivity index (χ1n) is 6.36. The summed E-state index contributed by atoms with van der Waals surface area (Å²) in [6.45, 7) is 3.47. The van der Waals surface area contributed by atoms with E-state index in [9.17, 15) is 4.79 Å². The molecule has 2 atom stereocenters. The standard InChI is InChI=1S/C14H18ClNO3/c1-10-6-16(7-11(9-17)19-10)8-14(18)12-4-2-3-5-13(12)15/h2-5,10-11,17H,6-9H2,1H3. The van der Waals surface area contributed by atoms with Gasteiger partial charge in [0.15, 0.2) is 5.78 Å². The van der Waals surface area contributed by atoms with Gasteiger partial charge in [0, 0.05) is 18.7 Å². The number of hydrogen-bond acceptors (Lipinski definition) is 4. The van der Waals surface area contributed by atoms with Gasteiger partial charge in [0.1, 0.15) is 0 Å². The van der Waals surface area contributed by atoms with Crippen molar-refractivity contribution in [2.24, 2.45) is 0 Å². The third-order valence-corrected chi connectivity index (χ3v) is 3.48. The predicted octanol–water partition coefficient (Wildman–Crippen LogP) is 1.60. The Hall–Kier alpha value is -0.940. The number of benzene rings is 1. The maximum atomic E-state index is 12.2.